The number of pyridine rings is 1. The Morgan fingerprint density at radius 3 is 2.92 bits per heavy atom. The van der Waals surface area contributed by atoms with Crippen LogP contribution in [0.1, 0.15) is 5.69 Å². The van der Waals surface area contributed by atoms with Crippen molar-refractivity contribution in [1.29, 1.82) is 0 Å². The molecule has 2 aromatic rings. The molecule has 1 nitrogen and oxygen atoms in total. The molecule has 0 saturated carbocycles. The molecule has 0 atom stereocenters. The van der Waals surface area contributed by atoms with Gasteiger partial charge in [-0.2, -0.15) is 0 Å². The van der Waals surface area contributed by atoms with Crippen molar-refractivity contribution in [1.82, 2.24) is 4.98 Å². The Bertz CT molecular complexity index is 423. The van der Waals surface area contributed by atoms with Crippen molar-refractivity contribution in [2.45, 2.75) is 6.92 Å². The minimum atomic E-state index is 1.10. The number of rotatable bonds is 0. The fourth-order valence-electron chi connectivity index (χ4n) is 1.30. The number of aromatic nitrogens is 1. The van der Waals surface area contributed by atoms with Gasteiger partial charge in [-0.3, -0.25) is 4.98 Å². The normalized spacial score (nSPS) is 10.5. The van der Waals surface area contributed by atoms with Crippen LogP contribution < -0.4 is 0 Å². The maximum absolute atomic E-state index is 4.23. The Morgan fingerprint density at radius 1 is 1.25 bits per heavy atom. The van der Waals surface area contributed by atoms with Crippen molar-refractivity contribution < 1.29 is 0 Å². The molecule has 0 amide bonds. The lowest BCUT2D eigenvalue weighted by atomic mass is 10.1. The first-order chi connectivity index (χ1) is 5.77. The van der Waals surface area contributed by atoms with Gasteiger partial charge >= 0.3 is 0 Å². The van der Waals surface area contributed by atoms with Crippen molar-refractivity contribution in [3.63, 3.8) is 0 Å². The number of hydrogen-bond donors (Lipinski definition) is 0. The standard InChI is InChI=1S/C10H8IN/c1-7-10-3-2-9(11)6-8(10)4-5-12-7/h2-6H,1H3. The fraction of sp³-hybridized carbons (Fsp3) is 0.100. The van der Waals surface area contributed by atoms with Gasteiger partial charge in [0.15, 0.2) is 0 Å². The van der Waals surface area contributed by atoms with E-state index < -0.39 is 0 Å². The van der Waals surface area contributed by atoms with Crippen molar-refractivity contribution in [2.75, 3.05) is 0 Å². The van der Waals surface area contributed by atoms with Crippen LogP contribution in [0.25, 0.3) is 10.8 Å². The van der Waals surface area contributed by atoms with E-state index in [0.29, 0.717) is 0 Å². The Kier molecular flexibility index (Phi) is 2.00. The van der Waals surface area contributed by atoms with Gasteiger partial charge in [0.2, 0.25) is 0 Å². The molecule has 0 aliphatic rings. The molecule has 60 valence electrons. The van der Waals surface area contributed by atoms with Crippen LogP contribution in [-0.2, 0) is 0 Å². The second-order valence-electron chi connectivity index (χ2n) is 2.76. The first-order valence-corrected chi connectivity index (χ1v) is 4.86. The summed E-state index contributed by atoms with van der Waals surface area (Å²) in [5, 5.41) is 2.52. The number of aryl methyl sites for hydroxylation is 1. The van der Waals surface area contributed by atoms with Crippen LogP contribution in [0.15, 0.2) is 30.5 Å². The molecule has 1 aromatic heterocycles. The Morgan fingerprint density at radius 2 is 2.08 bits per heavy atom. The summed E-state index contributed by atoms with van der Waals surface area (Å²) >= 11 is 2.32. The van der Waals surface area contributed by atoms with E-state index in [1.165, 1.54) is 14.3 Å². The molecular weight excluding hydrogens is 261 g/mol. The summed E-state index contributed by atoms with van der Waals surface area (Å²) in [5.74, 6) is 0. The Labute approximate surface area is 85.0 Å². The molecule has 0 aliphatic carbocycles. The van der Waals surface area contributed by atoms with Gasteiger partial charge in [0.1, 0.15) is 0 Å². The smallest absolute Gasteiger partial charge is 0.0450 e. The Hall–Kier alpha value is -0.640. The lowest BCUT2D eigenvalue weighted by Gasteiger charge is -2.00. The van der Waals surface area contributed by atoms with Crippen LogP contribution in [0.4, 0.5) is 0 Å². The summed E-state index contributed by atoms with van der Waals surface area (Å²) in [7, 11) is 0. The predicted octanol–water partition coefficient (Wildman–Crippen LogP) is 3.15. The number of fused-ring (bicyclic) bond motifs is 1. The minimum absolute atomic E-state index is 1.10. The Balaban J connectivity index is 2.86. The zero-order chi connectivity index (χ0) is 8.55. The molecule has 2 rings (SSSR count). The molecule has 0 unspecified atom stereocenters. The van der Waals surface area contributed by atoms with E-state index in [1.807, 2.05) is 19.2 Å². The molecule has 1 heterocycles. The van der Waals surface area contributed by atoms with Crippen molar-refractivity contribution in [3.05, 3.63) is 39.7 Å². The van der Waals surface area contributed by atoms with E-state index in [1.54, 1.807) is 0 Å². The van der Waals surface area contributed by atoms with Gasteiger partial charge in [0.25, 0.3) is 0 Å². The predicted molar refractivity (Wildman–Crippen MR) is 59.2 cm³/mol. The molecule has 0 bridgehead atoms. The lowest BCUT2D eigenvalue weighted by molar-refractivity contribution is 1.24. The zero-order valence-electron chi connectivity index (χ0n) is 6.71. The highest BCUT2D eigenvalue weighted by Crippen LogP contribution is 2.18. The summed E-state index contributed by atoms with van der Waals surface area (Å²) in [4.78, 5) is 4.23. The molecule has 0 fully saturated rings. The lowest BCUT2D eigenvalue weighted by Crippen LogP contribution is -1.82. The van der Waals surface area contributed by atoms with Crippen molar-refractivity contribution in [3.8, 4) is 0 Å². The van der Waals surface area contributed by atoms with Crippen LogP contribution in [-0.4, -0.2) is 4.98 Å². The number of halogens is 1. The average Bonchev–Trinajstić information content (AvgIpc) is 2.04. The second kappa shape index (κ2) is 3.01. The maximum atomic E-state index is 4.23. The van der Waals surface area contributed by atoms with Crippen LogP contribution in [0.5, 0.6) is 0 Å². The summed E-state index contributed by atoms with van der Waals surface area (Å²) < 4.78 is 1.27. The first kappa shape index (κ1) is 7.98. The van der Waals surface area contributed by atoms with Gasteiger partial charge in [-0.25, -0.2) is 0 Å². The highest BCUT2D eigenvalue weighted by Gasteiger charge is 1.96. The maximum Gasteiger partial charge on any atom is 0.0450 e. The third kappa shape index (κ3) is 1.31. The highest BCUT2D eigenvalue weighted by atomic mass is 127. The van der Waals surface area contributed by atoms with Gasteiger partial charge in [-0.1, -0.05) is 6.07 Å². The summed E-state index contributed by atoms with van der Waals surface area (Å²) in [6.07, 6.45) is 1.85. The fourth-order valence-corrected chi connectivity index (χ4v) is 1.82. The summed E-state index contributed by atoms with van der Waals surface area (Å²) in [5.41, 5.74) is 1.10. The van der Waals surface area contributed by atoms with Crippen molar-refractivity contribution >= 4 is 33.4 Å². The largest absolute Gasteiger partial charge is 0.261 e. The van der Waals surface area contributed by atoms with E-state index in [4.69, 9.17) is 0 Å². The second-order valence-corrected chi connectivity index (χ2v) is 4.01. The van der Waals surface area contributed by atoms with Gasteiger partial charge in [0, 0.05) is 20.8 Å². The third-order valence-corrected chi connectivity index (χ3v) is 2.60. The molecule has 1 aromatic carbocycles. The topological polar surface area (TPSA) is 12.9 Å². The van der Waals surface area contributed by atoms with Gasteiger partial charge < -0.3 is 0 Å². The van der Waals surface area contributed by atoms with E-state index in [9.17, 15) is 0 Å². The van der Waals surface area contributed by atoms with E-state index in [2.05, 4.69) is 45.8 Å². The number of benzene rings is 1. The molecule has 0 N–H and O–H groups in total. The van der Waals surface area contributed by atoms with Gasteiger partial charge in [0.05, 0.1) is 0 Å². The van der Waals surface area contributed by atoms with Crippen LogP contribution >= 0.6 is 22.6 Å². The summed E-state index contributed by atoms with van der Waals surface area (Å²) in [6.45, 7) is 2.04. The molecule has 2 heteroatoms. The molecule has 0 aliphatic heterocycles. The van der Waals surface area contributed by atoms with Gasteiger partial charge in [-0.05, 0) is 53.1 Å². The average molecular weight is 269 g/mol. The number of hydrogen-bond acceptors (Lipinski definition) is 1. The van der Waals surface area contributed by atoms with Gasteiger partial charge in [-0.15, -0.1) is 0 Å². The molecule has 12 heavy (non-hydrogen) atoms. The molecule has 0 radical (unpaired) electrons. The quantitative estimate of drug-likeness (QED) is 0.669. The monoisotopic (exact) mass is 269 g/mol. The number of nitrogens with zero attached hydrogens (tertiary/aromatic N) is 1. The molecule has 0 spiro atoms. The van der Waals surface area contributed by atoms with Crippen LogP contribution in [0.3, 0.4) is 0 Å². The van der Waals surface area contributed by atoms with Crippen LogP contribution in [0.2, 0.25) is 0 Å². The highest BCUT2D eigenvalue weighted by molar-refractivity contribution is 14.1. The SMILES string of the molecule is Cc1nccc2cc(I)ccc12. The minimum Gasteiger partial charge on any atom is -0.261 e. The molecule has 0 saturated heterocycles. The first-order valence-electron chi connectivity index (χ1n) is 3.78. The molecular formula is C10H8IN. The van der Waals surface area contributed by atoms with Crippen LogP contribution in [0, 0.1) is 10.5 Å². The van der Waals surface area contributed by atoms with E-state index in [0.717, 1.165) is 5.69 Å². The van der Waals surface area contributed by atoms with E-state index in [-0.39, 0.29) is 0 Å². The third-order valence-electron chi connectivity index (χ3n) is 1.93. The zero-order valence-corrected chi connectivity index (χ0v) is 8.87. The van der Waals surface area contributed by atoms with Crippen molar-refractivity contribution in [2.24, 2.45) is 0 Å². The van der Waals surface area contributed by atoms with E-state index >= 15 is 0 Å². The summed E-state index contributed by atoms with van der Waals surface area (Å²) in [6, 6.07) is 8.45.